The van der Waals surface area contributed by atoms with Gasteiger partial charge in [-0.3, -0.25) is 9.69 Å². The van der Waals surface area contributed by atoms with Crippen molar-refractivity contribution in [3.05, 3.63) is 29.8 Å². The molecular formula is C21H33N3O. The van der Waals surface area contributed by atoms with Gasteiger partial charge in [0.15, 0.2) is 0 Å². The molecular weight excluding hydrogens is 310 g/mol. The smallest absolute Gasteiger partial charge is 0.227 e. The molecule has 2 saturated heterocycles. The summed E-state index contributed by atoms with van der Waals surface area (Å²) in [7, 11) is 2.14. The number of amides is 1. The third-order valence-electron chi connectivity index (χ3n) is 5.95. The zero-order chi connectivity index (χ0) is 17.8. The van der Waals surface area contributed by atoms with Gasteiger partial charge in [0.1, 0.15) is 0 Å². The molecule has 2 aliphatic rings. The van der Waals surface area contributed by atoms with E-state index in [4.69, 9.17) is 0 Å². The molecule has 0 unspecified atom stereocenters. The molecule has 138 valence electrons. The first-order valence-electron chi connectivity index (χ1n) is 9.83. The van der Waals surface area contributed by atoms with Gasteiger partial charge in [0.05, 0.1) is 0 Å². The van der Waals surface area contributed by atoms with Crippen molar-refractivity contribution in [3.63, 3.8) is 0 Å². The van der Waals surface area contributed by atoms with Crippen LogP contribution in [-0.4, -0.2) is 48.4 Å². The molecule has 3 rings (SSSR count). The topological polar surface area (TPSA) is 35.6 Å². The molecule has 0 radical (unpaired) electrons. The number of piperidine rings is 2. The number of nitrogens with one attached hydrogen (secondary N) is 1. The van der Waals surface area contributed by atoms with Crippen molar-refractivity contribution in [2.45, 2.75) is 52.1 Å². The van der Waals surface area contributed by atoms with E-state index in [9.17, 15) is 4.79 Å². The van der Waals surface area contributed by atoms with Crippen molar-refractivity contribution >= 4 is 11.6 Å². The monoisotopic (exact) mass is 343 g/mol. The number of carbonyl (C=O) groups excluding carboxylic acids is 1. The van der Waals surface area contributed by atoms with Crippen LogP contribution in [0, 0.1) is 11.8 Å². The van der Waals surface area contributed by atoms with Gasteiger partial charge in [-0.1, -0.05) is 19.1 Å². The highest BCUT2D eigenvalue weighted by Crippen LogP contribution is 2.23. The SMILES string of the molecule is C[C@H]1CCCN(Cc2ccc(NC(=O)[C@H]3CCN(C)[C@@H](C)C3)cc2)C1. The van der Waals surface area contributed by atoms with Crippen molar-refractivity contribution < 1.29 is 4.79 Å². The average Bonchev–Trinajstić information content (AvgIpc) is 2.59. The molecule has 4 heteroatoms. The predicted octanol–water partition coefficient (Wildman–Crippen LogP) is 3.59. The zero-order valence-corrected chi connectivity index (χ0v) is 16.0. The van der Waals surface area contributed by atoms with E-state index in [2.05, 4.69) is 60.3 Å². The van der Waals surface area contributed by atoms with Crippen molar-refractivity contribution in [2.24, 2.45) is 11.8 Å². The Morgan fingerprint density at radius 3 is 2.60 bits per heavy atom. The second-order valence-corrected chi connectivity index (χ2v) is 8.22. The van der Waals surface area contributed by atoms with Crippen LogP contribution in [-0.2, 0) is 11.3 Å². The molecule has 0 spiro atoms. The Morgan fingerprint density at radius 1 is 1.16 bits per heavy atom. The van der Waals surface area contributed by atoms with Crippen molar-refractivity contribution in [1.82, 2.24) is 9.80 Å². The van der Waals surface area contributed by atoms with E-state index in [0.717, 1.165) is 37.5 Å². The van der Waals surface area contributed by atoms with Gasteiger partial charge in [0, 0.05) is 30.7 Å². The number of nitrogens with zero attached hydrogens (tertiary/aromatic N) is 2. The van der Waals surface area contributed by atoms with Gasteiger partial charge < -0.3 is 10.2 Å². The molecule has 1 N–H and O–H groups in total. The third-order valence-corrected chi connectivity index (χ3v) is 5.95. The van der Waals surface area contributed by atoms with Crippen LogP contribution in [0.4, 0.5) is 5.69 Å². The van der Waals surface area contributed by atoms with Gasteiger partial charge >= 0.3 is 0 Å². The summed E-state index contributed by atoms with van der Waals surface area (Å²) >= 11 is 0. The van der Waals surface area contributed by atoms with Crippen LogP contribution in [0.2, 0.25) is 0 Å². The van der Waals surface area contributed by atoms with Crippen molar-refractivity contribution in [1.29, 1.82) is 0 Å². The molecule has 4 nitrogen and oxygen atoms in total. The highest BCUT2D eigenvalue weighted by Gasteiger charge is 2.27. The molecule has 0 aliphatic carbocycles. The second kappa shape index (κ2) is 8.33. The number of carbonyl (C=O) groups is 1. The van der Waals surface area contributed by atoms with Crippen LogP contribution in [0.3, 0.4) is 0 Å². The molecule has 25 heavy (non-hydrogen) atoms. The van der Waals surface area contributed by atoms with Crippen molar-refractivity contribution in [3.8, 4) is 0 Å². The van der Waals surface area contributed by atoms with Crippen LogP contribution in [0.5, 0.6) is 0 Å². The summed E-state index contributed by atoms with van der Waals surface area (Å²) in [6.07, 6.45) is 4.58. The summed E-state index contributed by atoms with van der Waals surface area (Å²) in [4.78, 5) is 17.4. The standard InChI is InChI=1S/C21H33N3O/c1-16-5-4-11-24(14-16)15-18-6-8-20(9-7-18)22-21(25)19-10-12-23(3)17(2)13-19/h6-9,16-17,19H,4-5,10-15H2,1-3H3,(H,22,25)/t16-,17-,19-/m0/s1. The molecule has 0 aromatic heterocycles. The maximum atomic E-state index is 12.5. The first kappa shape index (κ1) is 18.4. The lowest BCUT2D eigenvalue weighted by atomic mass is 9.91. The summed E-state index contributed by atoms with van der Waals surface area (Å²) in [6, 6.07) is 8.91. The van der Waals surface area contributed by atoms with Gasteiger partial charge in [-0.25, -0.2) is 0 Å². The Morgan fingerprint density at radius 2 is 1.92 bits per heavy atom. The molecule has 1 aromatic rings. The number of rotatable bonds is 4. The van der Waals surface area contributed by atoms with E-state index < -0.39 is 0 Å². The van der Waals surface area contributed by atoms with E-state index in [1.54, 1.807) is 0 Å². The lowest BCUT2D eigenvalue weighted by Gasteiger charge is -2.34. The van der Waals surface area contributed by atoms with Crippen LogP contribution >= 0.6 is 0 Å². The molecule has 3 atom stereocenters. The minimum atomic E-state index is 0.140. The Labute approximate surface area is 152 Å². The Balaban J connectivity index is 1.51. The fourth-order valence-electron chi connectivity index (χ4n) is 4.15. The predicted molar refractivity (Wildman–Crippen MR) is 104 cm³/mol. The largest absolute Gasteiger partial charge is 0.326 e. The third kappa shape index (κ3) is 5.05. The summed E-state index contributed by atoms with van der Waals surface area (Å²) in [5.74, 6) is 1.13. The molecule has 2 aliphatic heterocycles. The Hall–Kier alpha value is -1.39. The summed E-state index contributed by atoms with van der Waals surface area (Å²) in [5.41, 5.74) is 2.26. The molecule has 2 heterocycles. The fourth-order valence-corrected chi connectivity index (χ4v) is 4.15. The highest BCUT2D eigenvalue weighted by molar-refractivity contribution is 5.92. The molecule has 0 saturated carbocycles. The Kier molecular flexibility index (Phi) is 6.13. The van der Waals surface area contributed by atoms with Crippen molar-refractivity contribution in [2.75, 3.05) is 32.0 Å². The minimum absolute atomic E-state index is 0.140. The van der Waals surface area contributed by atoms with E-state index in [1.807, 2.05) is 0 Å². The van der Waals surface area contributed by atoms with Gasteiger partial charge in [0.2, 0.25) is 5.91 Å². The van der Waals surface area contributed by atoms with E-state index >= 15 is 0 Å². The van der Waals surface area contributed by atoms with Gasteiger partial charge in [-0.05, 0) is 76.4 Å². The lowest BCUT2D eigenvalue weighted by molar-refractivity contribution is -0.121. The van der Waals surface area contributed by atoms with E-state index in [0.29, 0.717) is 6.04 Å². The number of hydrogen-bond acceptors (Lipinski definition) is 3. The Bertz CT molecular complexity index is 571. The van der Waals surface area contributed by atoms with E-state index in [1.165, 1.54) is 31.5 Å². The van der Waals surface area contributed by atoms with Crippen LogP contribution in [0.25, 0.3) is 0 Å². The number of likely N-dealkylation sites (tertiary alicyclic amines) is 2. The fraction of sp³-hybridized carbons (Fsp3) is 0.667. The van der Waals surface area contributed by atoms with Crippen LogP contribution < -0.4 is 5.32 Å². The van der Waals surface area contributed by atoms with Gasteiger partial charge in [-0.15, -0.1) is 0 Å². The first-order chi connectivity index (χ1) is 12.0. The second-order valence-electron chi connectivity index (χ2n) is 8.22. The average molecular weight is 344 g/mol. The normalized spacial score (nSPS) is 28.7. The quantitative estimate of drug-likeness (QED) is 0.907. The maximum Gasteiger partial charge on any atom is 0.227 e. The van der Waals surface area contributed by atoms with Crippen LogP contribution in [0.15, 0.2) is 24.3 Å². The van der Waals surface area contributed by atoms with E-state index in [-0.39, 0.29) is 11.8 Å². The van der Waals surface area contributed by atoms with Gasteiger partial charge in [0.25, 0.3) is 0 Å². The summed E-state index contributed by atoms with van der Waals surface area (Å²) < 4.78 is 0. The zero-order valence-electron chi connectivity index (χ0n) is 16.0. The van der Waals surface area contributed by atoms with Crippen LogP contribution in [0.1, 0.15) is 45.1 Å². The molecule has 2 fully saturated rings. The molecule has 1 amide bonds. The molecule has 0 bridgehead atoms. The first-order valence-corrected chi connectivity index (χ1v) is 9.83. The number of hydrogen-bond donors (Lipinski definition) is 1. The summed E-state index contributed by atoms with van der Waals surface area (Å²) in [6.45, 7) is 8.98. The molecule has 1 aromatic carbocycles. The number of benzene rings is 1. The number of anilines is 1. The maximum absolute atomic E-state index is 12.5. The lowest BCUT2D eigenvalue weighted by Crippen LogP contribution is -2.41. The summed E-state index contributed by atoms with van der Waals surface area (Å²) in [5, 5.41) is 3.11. The minimum Gasteiger partial charge on any atom is -0.326 e. The van der Waals surface area contributed by atoms with Gasteiger partial charge in [-0.2, -0.15) is 0 Å². The highest BCUT2D eigenvalue weighted by atomic mass is 16.1.